The smallest absolute Gasteiger partial charge is 0.363 e. The number of hydrogen-bond donors (Lipinski definition) is 1. The van der Waals surface area contributed by atoms with E-state index in [2.05, 4.69) is 5.10 Å². The lowest BCUT2D eigenvalue weighted by Gasteiger charge is -2.09. The van der Waals surface area contributed by atoms with Crippen LogP contribution < -0.4 is 0 Å². The van der Waals surface area contributed by atoms with Gasteiger partial charge in [0.15, 0.2) is 0 Å². The number of rotatable bonds is 5. The third-order valence-corrected chi connectivity index (χ3v) is 1.97. The first kappa shape index (κ1) is 12.1. The van der Waals surface area contributed by atoms with Crippen molar-refractivity contribution < 1.29 is 19.6 Å². The van der Waals surface area contributed by atoms with E-state index in [0.29, 0.717) is 0 Å². The molecular weight excluding hydrogens is 218 g/mol. The molecule has 1 aromatic heterocycles. The fourth-order valence-electron chi connectivity index (χ4n) is 1.21. The highest BCUT2D eigenvalue weighted by Gasteiger charge is 2.26. The Bertz CT molecular complexity index is 382. The molecule has 1 N–H and O–H groups in total. The van der Waals surface area contributed by atoms with Crippen molar-refractivity contribution in [2.24, 2.45) is 0 Å². The number of ether oxygens (including phenoxy) is 1. The molecule has 0 aliphatic carbocycles. The molecule has 1 aromatic rings. The zero-order valence-corrected chi connectivity index (χ0v) is 8.78. The first-order valence-corrected chi connectivity index (χ1v) is 4.43. The van der Waals surface area contributed by atoms with Gasteiger partial charge in [-0.25, -0.2) is 4.79 Å². The summed E-state index contributed by atoms with van der Waals surface area (Å²) in [5.41, 5.74) is -1.08. The molecule has 0 aliphatic heterocycles. The summed E-state index contributed by atoms with van der Waals surface area (Å²) in [6.07, 6.45) is 1.09. The molecule has 1 rings (SSSR count). The van der Waals surface area contributed by atoms with Crippen LogP contribution in [0.4, 0.5) is 5.69 Å². The molecule has 0 saturated carbocycles. The fraction of sp³-hybridized carbons (Fsp3) is 0.500. The van der Waals surface area contributed by atoms with Gasteiger partial charge in [-0.15, -0.1) is 0 Å². The molecule has 0 bridgehead atoms. The highest BCUT2D eigenvalue weighted by atomic mass is 16.6. The lowest BCUT2D eigenvalue weighted by Crippen LogP contribution is -2.12. The van der Waals surface area contributed by atoms with Crippen LogP contribution in [0, 0.1) is 10.1 Å². The Balaban J connectivity index is 3.11. The first-order chi connectivity index (χ1) is 7.47. The zero-order valence-electron chi connectivity index (χ0n) is 8.78. The molecule has 0 amide bonds. The van der Waals surface area contributed by atoms with E-state index < -0.39 is 22.3 Å². The van der Waals surface area contributed by atoms with Crippen molar-refractivity contribution in [3.8, 4) is 0 Å². The minimum absolute atomic E-state index is 0.267. The van der Waals surface area contributed by atoms with Crippen LogP contribution in [0.15, 0.2) is 6.20 Å². The van der Waals surface area contributed by atoms with Crippen LogP contribution in [-0.4, -0.2) is 39.5 Å². The van der Waals surface area contributed by atoms with Crippen molar-refractivity contribution in [1.29, 1.82) is 0 Å². The second-order valence-electron chi connectivity index (χ2n) is 3.21. The summed E-state index contributed by atoms with van der Waals surface area (Å²) in [4.78, 5) is 20.5. The second kappa shape index (κ2) is 4.71. The molecule has 8 nitrogen and oxygen atoms in total. The monoisotopic (exact) mass is 229 g/mol. The topological polar surface area (TPSA) is 107 Å². The number of carboxylic acids is 1. The Morgan fingerprint density at radius 3 is 2.81 bits per heavy atom. The summed E-state index contributed by atoms with van der Waals surface area (Å²) in [5.74, 6) is -1.42. The fourth-order valence-corrected chi connectivity index (χ4v) is 1.21. The second-order valence-corrected chi connectivity index (χ2v) is 3.21. The number of hydrogen-bond acceptors (Lipinski definition) is 5. The minimum atomic E-state index is -1.42. The van der Waals surface area contributed by atoms with Gasteiger partial charge in [0.1, 0.15) is 6.20 Å². The summed E-state index contributed by atoms with van der Waals surface area (Å²) in [7, 11) is 1.48. The molecule has 1 unspecified atom stereocenters. The van der Waals surface area contributed by atoms with Crippen molar-refractivity contribution >= 4 is 11.7 Å². The number of carbonyl (C=O) groups is 1. The molecule has 0 fully saturated rings. The molecule has 0 spiro atoms. The Morgan fingerprint density at radius 1 is 1.81 bits per heavy atom. The van der Waals surface area contributed by atoms with Crippen LogP contribution in [0.25, 0.3) is 0 Å². The zero-order chi connectivity index (χ0) is 12.3. The quantitative estimate of drug-likeness (QED) is 0.588. The van der Waals surface area contributed by atoms with Gasteiger partial charge in [-0.05, 0) is 6.92 Å². The first-order valence-electron chi connectivity index (χ1n) is 4.43. The van der Waals surface area contributed by atoms with Gasteiger partial charge in [-0.3, -0.25) is 14.8 Å². The molecule has 1 heterocycles. The van der Waals surface area contributed by atoms with E-state index in [4.69, 9.17) is 9.84 Å². The summed E-state index contributed by atoms with van der Waals surface area (Å²) >= 11 is 0. The molecule has 0 radical (unpaired) electrons. The maximum Gasteiger partial charge on any atom is 0.363 e. The summed E-state index contributed by atoms with van der Waals surface area (Å²) in [6.45, 7) is 2.00. The number of nitrogens with zero attached hydrogens (tertiary/aromatic N) is 3. The van der Waals surface area contributed by atoms with E-state index >= 15 is 0 Å². The highest BCUT2D eigenvalue weighted by Crippen LogP contribution is 2.19. The molecule has 0 saturated heterocycles. The number of aromatic carboxylic acids is 1. The minimum Gasteiger partial charge on any atom is -0.476 e. The summed E-state index contributed by atoms with van der Waals surface area (Å²) in [6, 6.07) is -0.267. The molecule has 8 heteroatoms. The number of carboxylic acid groups (broad SMARTS) is 1. The maximum atomic E-state index is 10.7. The van der Waals surface area contributed by atoms with E-state index in [1.807, 2.05) is 0 Å². The molecule has 88 valence electrons. The third-order valence-electron chi connectivity index (χ3n) is 1.97. The standard InChI is InChI=1S/C8H11N3O5/c1-5(4-16-2)10-3-6(11(14)15)7(9-10)8(12)13/h3,5H,4H2,1-2H3,(H,12,13). The van der Waals surface area contributed by atoms with E-state index in [9.17, 15) is 14.9 Å². The van der Waals surface area contributed by atoms with Crippen LogP contribution in [0.3, 0.4) is 0 Å². The number of aromatic nitrogens is 2. The number of nitro groups is 1. The number of methoxy groups -OCH3 is 1. The van der Waals surface area contributed by atoms with Crippen molar-refractivity contribution in [2.45, 2.75) is 13.0 Å². The molecule has 0 aliphatic rings. The lowest BCUT2D eigenvalue weighted by atomic mass is 10.3. The molecule has 1 atom stereocenters. The Labute approximate surface area is 90.6 Å². The van der Waals surface area contributed by atoms with E-state index in [-0.39, 0.29) is 12.6 Å². The Hall–Kier alpha value is -1.96. The third kappa shape index (κ3) is 2.34. The Morgan fingerprint density at radius 2 is 2.44 bits per heavy atom. The van der Waals surface area contributed by atoms with Crippen LogP contribution in [0.1, 0.15) is 23.5 Å². The predicted molar refractivity (Wildman–Crippen MR) is 52.4 cm³/mol. The van der Waals surface area contributed by atoms with E-state index in [0.717, 1.165) is 6.20 Å². The Kier molecular flexibility index (Phi) is 3.56. The lowest BCUT2D eigenvalue weighted by molar-refractivity contribution is -0.385. The van der Waals surface area contributed by atoms with Crippen LogP contribution >= 0.6 is 0 Å². The average molecular weight is 229 g/mol. The van der Waals surface area contributed by atoms with Crippen LogP contribution in [0.5, 0.6) is 0 Å². The van der Waals surface area contributed by atoms with Gasteiger partial charge < -0.3 is 9.84 Å². The van der Waals surface area contributed by atoms with Gasteiger partial charge in [0, 0.05) is 7.11 Å². The van der Waals surface area contributed by atoms with Gasteiger partial charge in [-0.2, -0.15) is 5.10 Å². The van der Waals surface area contributed by atoms with Crippen molar-refractivity contribution in [1.82, 2.24) is 9.78 Å². The van der Waals surface area contributed by atoms with Gasteiger partial charge in [0.05, 0.1) is 17.6 Å². The van der Waals surface area contributed by atoms with Gasteiger partial charge in [-0.1, -0.05) is 0 Å². The highest BCUT2D eigenvalue weighted by molar-refractivity contribution is 5.89. The van der Waals surface area contributed by atoms with Gasteiger partial charge >= 0.3 is 11.7 Å². The van der Waals surface area contributed by atoms with Crippen molar-refractivity contribution in [2.75, 3.05) is 13.7 Å². The summed E-state index contributed by atoms with van der Waals surface area (Å²) in [5, 5.41) is 23.0. The molecule has 0 aromatic carbocycles. The van der Waals surface area contributed by atoms with E-state index in [1.54, 1.807) is 6.92 Å². The van der Waals surface area contributed by atoms with E-state index in [1.165, 1.54) is 11.8 Å². The predicted octanol–water partition coefficient (Wildman–Crippen LogP) is 0.697. The normalized spacial score (nSPS) is 12.4. The SMILES string of the molecule is COCC(C)n1cc([N+](=O)[O-])c(C(=O)O)n1. The molecular formula is C8H11N3O5. The van der Waals surface area contributed by atoms with Gasteiger partial charge in [0.25, 0.3) is 0 Å². The van der Waals surface area contributed by atoms with Gasteiger partial charge in [0.2, 0.25) is 5.69 Å². The van der Waals surface area contributed by atoms with Crippen molar-refractivity contribution in [3.05, 3.63) is 22.0 Å². The summed E-state index contributed by atoms with van der Waals surface area (Å²) < 4.78 is 6.06. The largest absolute Gasteiger partial charge is 0.476 e. The van der Waals surface area contributed by atoms with Crippen LogP contribution in [-0.2, 0) is 4.74 Å². The maximum absolute atomic E-state index is 10.7. The van der Waals surface area contributed by atoms with Crippen molar-refractivity contribution in [3.63, 3.8) is 0 Å². The van der Waals surface area contributed by atoms with Crippen LogP contribution in [0.2, 0.25) is 0 Å². The average Bonchev–Trinajstić information content (AvgIpc) is 2.62. The molecule has 16 heavy (non-hydrogen) atoms.